The van der Waals surface area contributed by atoms with Crippen molar-refractivity contribution >= 4 is 0 Å². The summed E-state index contributed by atoms with van der Waals surface area (Å²) < 4.78 is 0. The second kappa shape index (κ2) is 3.11. The molecular formula is C8H12N2. The van der Waals surface area contributed by atoms with Gasteiger partial charge in [-0.1, -0.05) is 18.7 Å². The quantitative estimate of drug-likeness (QED) is 0.618. The minimum Gasteiger partial charge on any atom is -0.401 e. The molecule has 0 aliphatic carbocycles. The third kappa shape index (κ3) is 1.97. The Bertz CT molecular complexity index is 168. The van der Waals surface area contributed by atoms with Gasteiger partial charge in [-0.15, -0.1) is 0 Å². The zero-order valence-electron chi connectivity index (χ0n) is 5.96. The highest BCUT2D eigenvalue weighted by atomic mass is 15.1. The van der Waals surface area contributed by atoms with Crippen LogP contribution >= 0.6 is 0 Å². The standard InChI is InChI=1S/C8H12N2/c1-8(9)7-10-5-3-2-4-6-10/h3-6H,1-2,7,9H2. The molecule has 1 heterocycles. The van der Waals surface area contributed by atoms with Crippen molar-refractivity contribution in [3.63, 3.8) is 0 Å². The molecule has 1 aliphatic rings. The molecule has 1 aliphatic heterocycles. The summed E-state index contributed by atoms with van der Waals surface area (Å²) >= 11 is 0. The van der Waals surface area contributed by atoms with Gasteiger partial charge in [-0.25, -0.2) is 0 Å². The molecule has 0 unspecified atom stereocenters. The second-order valence-electron chi connectivity index (χ2n) is 2.34. The van der Waals surface area contributed by atoms with Crippen molar-refractivity contribution in [2.24, 2.45) is 5.73 Å². The summed E-state index contributed by atoms with van der Waals surface area (Å²) in [5.74, 6) is 0. The number of hydrogen-bond acceptors (Lipinski definition) is 2. The topological polar surface area (TPSA) is 29.3 Å². The van der Waals surface area contributed by atoms with Gasteiger partial charge in [0.1, 0.15) is 0 Å². The molecule has 10 heavy (non-hydrogen) atoms. The molecule has 54 valence electrons. The lowest BCUT2D eigenvalue weighted by Gasteiger charge is -2.16. The largest absolute Gasteiger partial charge is 0.401 e. The van der Waals surface area contributed by atoms with E-state index in [0.717, 1.165) is 6.42 Å². The molecule has 0 spiro atoms. The smallest absolute Gasteiger partial charge is 0.0608 e. The Morgan fingerprint density at radius 2 is 2.10 bits per heavy atom. The van der Waals surface area contributed by atoms with Gasteiger partial charge in [-0.3, -0.25) is 0 Å². The number of rotatable bonds is 2. The molecule has 2 heteroatoms. The lowest BCUT2D eigenvalue weighted by atomic mass is 10.3. The highest BCUT2D eigenvalue weighted by Gasteiger charge is 1.95. The normalized spacial score (nSPS) is 15.8. The second-order valence-corrected chi connectivity index (χ2v) is 2.34. The fourth-order valence-electron chi connectivity index (χ4n) is 0.861. The highest BCUT2D eigenvalue weighted by molar-refractivity contribution is 5.05. The van der Waals surface area contributed by atoms with E-state index in [1.54, 1.807) is 0 Å². The van der Waals surface area contributed by atoms with E-state index in [4.69, 9.17) is 5.73 Å². The third-order valence-electron chi connectivity index (χ3n) is 1.25. The van der Waals surface area contributed by atoms with Crippen LogP contribution in [0.2, 0.25) is 0 Å². The molecule has 0 aromatic heterocycles. The summed E-state index contributed by atoms with van der Waals surface area (Å²) in [6, 6.07) is 0. The average molecular weight is 136 g/mol. The van der Waals surface area contributed by atoms with Gasteiger partial charge in [0.25, 0.3) is 0 Å². The minimum atomic E-state index is 0.691. The van der Waals surface area contributed by atoms with Crippen LogP contribution in [0.25, 0.3) is 0 Å². The van der Waals surface area contributed by atoms with Gasteiger partial charge in [-0.2, -0.15) is 0 Å². The van der Waals surface area contributed by atoms with E-state index in [2.05, 4.69) is 18.7 Å². The number of hydrogen-bond donors (Lipinski definition) is 1. The zero-order chi connectivity index (χ0) is 7.40. The summed E-state index contributed by atoms with van der Waals surface area (Å²) in [7, 11) is 0. The first-order valence-electron chi connectivity index (χ1n) is 3.31. The first kappa shape index (κ1) is 6.93. The zero-order valence-corrected chi connectivity index (χ0v) is 5.96. The van der Waals surface area contributed by atoms with Crippen molar-refractivity contribution in [2.75, 3.05) is 6.54 Å². The van der Waals surface area contributed by atoms with E-state index >= 15 is 0 Å². The van der Waals surface area contributed by atoms with Gasteiger partial charge in [0.2, 0.25) is 0 Å². The van der Waals surface area contributed by atoms with Crippen LogP contribution in [0.15, 0.2) is 36.8 Å². The Balaban J connectivity index is 2.40. The fraction of sp³-hybridized carbons (Fsp3) is 0.250. The molecule has 0 atom stereocenters. The number of nitrogens with zero attached hydrogens (tertiary/aromatic N) is 1. The van der Waals surface area contributed by atoms with Crippen LogP contribution in [0, 0.1) is 0 Å². The van der Waals surface area contributed by atoms with E-state index in [1.165, 1.54) is 0 Å². The van der Waals surface area contributed by atoms with Crippen molar-refractivity contribution in [1.29, 1.82) is 0 Å². The Hall–Kier alpha value is -1.18. The first-order chi connectivity index (χ1) is 4.79. The molecule has 0 saturated carbocycles. The van der Waals surface area contributed by atoms with E-state index in [9.17, 15) is 0 Å². The maximum Gasteiger partial charge on any atom is 0.0608 e. The molecule has 0 bridgehead atoms. The van der Waals surface area contributed by atoms with Gasteiger partial charge in [-0.05, 0) is 6.42 Å². The molecule has 0 aromatic carbocycles. The lowest BCUT2D eigenvalue weighted by molar-refractivity contribution is 0.538. The number of allylic oxidation sites excluding steroid dienone is 2. The van der Waals surface area contributed by atoms with Gasteiger partial charge in [0.15, 0.2) is 0 Å². The van der Waals surface area contributed by atoms with Crippen LogP contribution in [-0.2, 0) is 0 Å². The van der Waals surface area contributed by atoms with E-state index < -0.39 is 0 Å². The van der Waals surface area contributed by atoms with Gasteiger partial charge in [0, 0.05) is 18.1 Å². The summed E-state index contributed by atoms with van der Waals surface area (Å²) in [6.07, 6.45) is 9.22. The van der Waals surface area contributed by atoms with Gasteiger partial charge < -0.3 is 10.6 Å². The van der Waals surface area contributed by atoms with Crippen LogP contribution in [0.5, 0.6) is 0 Å². The van der Waals surface area contributed by atoms with Gasteiger partial charge >= 0.3 is 0 Å². The van der Waals surface area contributed by atoms with Crippen LogP contribution in [0.4, 0.5) is 0 Å². The molecule has 0 amide bonds. The first-order valence-corrected chi connectivity index (χ1v) is 3.31. The summed E-state index contributed by atoms with van der Waals surface area (Å²) in [6.45, 7) is 4.33. The Labute approximate surface area is 61.3 Å². The Morgan fingerprint density at radius 1 is 1.50 bits per heavy atom. The van der Waals surface area contributed by atoms with Crippen molar-refractivity contribution < 1.29 is 0 Å². The number of nitrogens with two attached hydrogens (primary N) is 1. The molecule has 0 aromatic rings. The van der Waals surface area contributed by atoms with E-state index in [-0.39, 0.29) is 0 Å². The lowest BCUT2D eigenvalue weighted by Crippen LogP contribution is -2.17. The van der Waals surface area contributed by atoms with Crippen molar-refractivity contribution in [2.45, 2.75) is 6.42 Å². The predicted molar refractivity (Wildman–Crippen MR) is 42.9 cm³/mol. The molecule has 0 fully saturated rings. The summed E-state index contributed by atoms with van der Waals surface area (Å²) in [4.78, 5) is 2.01. The van der Waals surface area contributed by atoms with E-state index in [0.29, 0.717) is 12.2 Å². The molecule has 0 radical (unpaired) electrons. The summed E-state index contributed by atoms with van der Waals surface area (Å²) in [5, 5.41) is 0. The molecular weight excluding hydrogens is 124 g/mol. The molecule has 2 N–H and O–H groups in total. The highest BCUT2D eigenvalue weighted by Crippen LogP contribution is 2.02. The van der Waals surface area contributed by atoms with Crippen LogP contribution in [-0.4, -0.2) is 11.4 Å². The van der Waals surface area contributed by atoms with Crippen molar-refractivity contribution in [1.82, 2.24) is 4.90 Å². The van der Waals surface area contributed by atoms with Crippen LogP contribution in [0.1, 0.15) is 6.42 Å². The molecule has 1 rings (SSSR count). The maximum atomic E-state index is 5.42. The molecule has 2 nitrogen and oxygen atoms in total. The van der Waals surface area contributed by atoms with Crippen molar-refractivity contribution in [3.05, 3.63) is 36.8 Å². The van der Waals surface area contributed by atoms with Crippen LogP contribution < -0.4 is 5.73 Å². The molecule has 0 saturated heterocycles. The Kier molecular flexibility index (Phi) is 2.15. The SMILES string of the molecule is C=C(N)CN1C=CCC=C1. The van der Waals surface area contributed by atoms with Gasteiger partial charge in [0.05, 0.1) is 6.54 Å². The van der Waals surface area contributed by atoms with Crippen LogP contribution in [0.3, 0.4) is 0 Å². The fourth-order valence-corrected chi connectivity index (χ4v) is 0.861. The minimum absolute atomic E-state index is 0.691. The monoisotopic (exact) mass is 136 g/mol. The summed E-state index contributed by atoms with van der Waals surface area (Å²) in [5.41, 5.74) is 6.11. The average Bonchev–Trinajstić information content (AvgIpc) is 1.88. The Morgan fingerprint density at radius 3 is 2.60 bits per heavy atom. The predicted octanol–water partition coefficient (Wildman–Crippen LogP) is 1.19. The van der Waals surface area contributed by atoms with Crippen molar-refractivity contribution in [3.8, 4) is 0 Å². The third-order valence-corrected chi connectivity index (χ3v) is 1.25. The van der Waals surface area contributed by atoms with E-state index in [1.807, 2.05) is 17.3 Å². The maximum absolute atomic E-state index is 5.42.